The molecule has 0 fully saturated rings. The third-order valence-corrected chi connectivity index (χ3v) is 12.3. The van der Waals surface area contributed by atoms with Crippen LogP contribution in [0.15, 0.2) is 21.0 Å². The molecule has 352 valence electrons. The number of phosphoric ester groups is 1. The second-order valence-corrected chi connectivity index (χ2v) is 18.6. The number of furan rings is 2. The minimum atomic E-state index is -4.40. The lowest BCUT2D eigenvalue weighted by molar-refractivity contribution is -0.161. The van der Waals surface area contributed by atoms with Crippen LogP contribution in [0.3, 0.4) is 0 Å². The van der Waals surface area contributed by atoms with Crippen molar-refractivity contribution in [2.45, 2.75) is 226 Å². The summed E-state index contributed by atoms with van der Waals surface area (Å²) in [5, 5.41) is 0. The third-order valence-electron chi connectivity index (χ3n) is 11.3. The standard InChI is InChI=1S/C49H86NO10P/c1-5-7-23-29-43-37-41(3)46(58-43)31-25-19-15-11-9-10-12-18-22-28-34-49(52)60-45(40-57-61(53,54)56-36-35-50)39-55-48(51)33-27-21-17-14-13-16-20-26-32-47-42(4)38-44(59-47)30-24-8-6-2/h37-38,45H,5-36,39-40,50H2,1-4H3,(H,53,54)/t45-/m1/s1. The Morgan fingerprint density at radius 3 is 1.44 bits per heavy atom. The van der Waals surface area contributed by atoms with Gasteiger partial charge in [0, 0.05) is 45.1 Å². The third kappa shape index (κ3) is 28.1. The first-order valence-electron chi connectivity index (χ1n) is 24.4. The number of carbonyl (C=O) groups is 2. The van der Waals surface area contributed by atoms with E-state index < -0.39 is 32.5 Å². The van der Waals surface area contributed by atoms with Gasteiger partial charge in [0.25, 0.3) is 0 Å². The Morgan fingerprint density at radius 2 is 1.00 bits per heavy atom. The Morgan fingerprint density at radius 1 is 0.590 bits per heavy atom. The van der Waals surface area contributed by atoms with Crippen molar-refractivity contribution in [1.82, 2.24) is 0 Å². The average molecular weight is 880 g/mol. The second-order valence-electron chi connectivity index (χ2n) is 17.1. The van der Waals surface area contributed by atoms with Gasteiger partial charge < -0.3 is 28.9 Å². The molecule has 0 bridgehead atoms. The summed E-state index contributed by atoms with van der Waals surface area (Å²) in [5.41, 5.74) is 7.94. The molecule has 0 aliphatic heterocycles. The first-order chi connectivity index (χ1) is 29.6. The van der Waals surface area contributed by atoms with E-state index in [4.69, 9.17) is 33.1 Å². The lowest BCUT2D eigenvalue weighted by Gasteiger charge is -2.19. The number of esters is 2. The first kappa shape index (κ1) is 54.7. The number of hydrogen-bond donors (Lipinski definition) is 2. The van der Waals surface area contributed by atoms with Crippen molar-refractivity contribution in [3.8, 4) is 0 Å². The van der Waals surface area contributed by atoms with Crippen LogP contribution < -0.4 is 5.73 Å². The maximum Gasteiger partial charge on any atom is 0.472 e. The van der Waals surface area contributed by atoms with E-state index >= 15 is 0 Å². The summed E-state index contributed by atoms with van der Waals surface area (Å²) in [6, 6.07) is 4.43. The Balaban J connectivity index is 1.54. The minimum Gasteiger partial charge on any atom is -0.466 e. The fraction of sp³-hybridized carbons (Fsp3) is 0.796. The van der Waals surface area contributed by atoms with Crippen LogP contribution in [0.1, 0.15) is 215 Å². The summed E-state index contributed by atoms with van der Waals surface area (Å²) in [6.07, 6.45) is 30.5. The quantitative estimate of drug-likeness (QED) is 0.0371. The molecule has 0 radical (unpaired) electrons. The molecular weight excluding hydrogens is 794 g/mol. The van der Waals surface area contributed by atoms with Crippen LogP contribution in [-0.2, 0) is 58.4 Å². The van der Waals surface area contributed by atoms with Gasteiger partial charge in [0.15, 0.2) is 6.10 Å². The van der Waals surface area contributed by atoms with Crippen molar-refractivity contribution >= 4 is 19.8 Å². The van der Waals surface area contributed by atoms with Gasteiger partial charge in [0.05, 0.1) is 13.2 Å². The number of nitrogens with two attached hydrogens (primary N) is 1. The molecule has 61 heavy (non-hydrogen) atoms. The zero-order valence-electron chi connectivity index (χ0n) is 38.9. The van der Waals surface area contributed by atoms with E-state index in [9.17, 15) is 19.0 Å². The van der Waals surface area contributed by atoms with Gasteiger partial charge in [-0.3, -0.25) is 18.6 Å². The summed E-state index contributed by atoms with van der Waals surface area (Å²) in [5.74, 6) is 3.72. The Kier molecular flexibility index (Phi) is 31.4. The zero-order chi connectivity index (χ0) is 44.4. The highest BCUT2D eigenvalue weighted by atomic mass is 31.2. The van der Waals surface area contributed by atoms with Gasteiger partial charge >= 0.3 is 19.8 Å². The van der Waals surface area contributed by atoms with Crippen molar-refractivity contribution in [2.24, 2.45) is 5.73 Å². The molecule has 0 saturated heterocycles. The van der Waals surface area contributed by atoms with Crippen LogP contribution in [0.2, 0.25) is 0 Å². The molecular formula is C49H86NO10P. The average Bonchev–Trinajstić information content (AvgIpc) is 3.78. The molecule has 0 spiro atoms. The van der Waals surface area contributed by atoms with E-state index in [2.05, 4.69) is 39.8 Å². The van der Waals surface area contributed by atoms with Crippen molar-refractivity contribution in [3.63, 3.8) is 0 Å². The number of rotatable bonds is 41. The maximum absolute atomic E-state index is 12.7. The van der Waals surface area contributed by atoms with E-state index in [-0.39, 0.29) is 32.6 Å². The Bertz CT molecular complexity index is 1450. The Labute approximate surface area is 370 Å². The van der Waals surface area contributed by atoms with Crippen LogP contribution in [0.5, 0.6) is 0 Å². The molecule has 2 aromatic rings. The maximum atomic E-state index is 12.7. The van der Waals surface area contributed by atoms with Gasteiger partial charge in [0.1, 0.15) is 29.6 Å². The first-order valence-corrected chi connectivity index (χ1v) is 25.9. The number of carbonyl (C=O) groups excluding carboxylic acids is 2. The highest BCUT2D eigenvalue weighted by molar-refractivity contribution is 7.47. The normalized spacial score (nSPS) is 13.1. The molecule has 0 saturated carbocycles. The van der Waals surface area contributed by atoms with E-state index in [1.807, 2.05) is 0 Å². The van der Waals surface area contributed by atoms with Gasteiger partial charge in [-0.15, -0.1) is 0 Å². The van der Waals surface area contributed by atoms with Crippen LogP contribution in [0, 0.1) is 13.8 Å². The zero-order valence-corrected chi connectivity index (χ0v) is 39.8. The fourth-order valence-corrected chi connectivity index (χ4v) is 8.37. The number of aryl methyl sites for hydroxylation is 6. The molecule has 3 N–H and O–H groups in total. The van der Waals surface area contributed by atoms with Crippen LogP contribution in [0.4, 0.5) is 0 Å². The van der Waals surface area contributed by atoms with Gasteiger partial charge in [-0.1, -0.05) is 129 Å². The van der Waals surface area contributed by atoms with Crippen molar-refractivity contribution in [3.05, 3.63) is 46.3 Å². The van der Waals surface area contributed by atoms with Crippen molar-refractivity contribution in [2.75, 3.05) is 26.4 Å². The molecule has 0 aliphatic rings. The van der Waals surface area contributed by atoms with Gasteiger partial charge in [-0.2, -0.15) is 0 Å². The molecule has 12 heteroatoms. The number of phosphoric acid groups is 1. The summed E-state index contributed by atoms with van der Waals surface area (Å²) < 4.78 is 45.2. The highest BCUT2D eigenvalue weighted by Gasteiger charge is 2.26. The molecule has 2 aromatic heterocycles. The molecule has 11 nitrogen and oxygen atoms in total. The number of unbranched alkanes of at least 4 members (excludes halogenated alkanes) is 20. The van der Waals surface area contributed by atoms with E-state index in [1.54, 1.807) is 0 Å². The Hall–Kier alpha value is -2.43. The number of hydrogen-bond acceptors (Lipinski definition) is 10. The van der Waals surface area contributed by atoms with E-state index in [0.29, 0.717) is 12.8 Å². The monoisotopic (exact) mass is 880 g/mol. The smallest absolute Gasteiger partial charge is 0.466 e. The SMILES string of the molecule is CCCCCc1cc(C)c(CCCCCCCCCCCCC(=O)O[C@H](COC(=O)CCCCCCCCCCc2oc(CCCCC)cc2C)COP(=O)(O)OCCN)o1. The number of ether oxygens (including phenoxy) is 2. The van der Waals surface area contributed by atoms with Crippen LogP contribution in [-0.4, -0.2) is 49.3 Å². The molecule has 1 unspecified atom stereocenters. The molecule has 0 amide bonds. The topological polar surface area (TPSA) is 161 Å². The highest BCUT2D eigenvalue weighted by Crippen LogP contribution is 2.43. The van der Waals surface area contributed by atoms with Crippen LogP contribution >= 0.6 is 7.82 Å². The molecule has 2 heterocycles. The summed E-state index contributed by atoms with van der Waals surface area (Å²) in [7, 11) is -4.40. The molecule has 2 rings (SSSR count). The fourth-order valence-electron chi connectivity index (χ4n) is 7.61. The van der Waals surface area contributed by atoms with Gasteiger partial charge in [-0.05, 0) is 75.6 Å². The van der Waals surface area contributed by atoms with E-state index in [1.165, 1.54) is 113 Å². The molecule has 0 aromatic carbocycles. The molecule has 2 atom stereocenters. The van der Waals surface area contributed by atoms with Crippen LogP contribution in [0.25, 0.3) is 0 Å². The lowest BCUT2D eigenvalue weighted by Crippen LogP contribution is -2.29. The largest absolute Gasteiger partial charge is 0.472 e. The molecule has 0 aliphatic carbocycles. The summed E-state index contributed by atoms with van der Waals surface area (Å²) in [6.45, 7) is 7.94. The van der Waals surface area contributed by atoms with E-state index in [0.717, 1.165) is 87.9 Å². The van der Waals surface area contributed by atoms with Crippen molar-refractivity contribution < 1.29 is 46.4 Å². The minimum absolute atomic E-state index is 0.0447. The predicted octanol–water partition coefficient (Wildman–Crippen LogP) is 13.1. The van der Waals surface area contributed by atoms with Gasteiger partial charge in [-0.25, -0.2) is 4.57 Å². The van der Waals surface area contributed by atoms with Crippen molar-refractivity contribution in [1.29, 1.82) is 0 Å². The lowest BCUT2D eigenvalue weighted by atomic mass is 10.0. The predicted molar refractivity (Wildman–Crippen MR) is 245 cm³/mol. The summed E-state index contributed by atoms with van der Waals surface area (Å²) in [4.78, 5) is 35.1. The summed E-state index contributed by atoms with van der Waals surface area (Å²) >= 11 is 0. The second kappa shape index (κ2) is 35.0. The van der Waals surface area contributed by atoms with Gasteiger partial charge in [0.2, 0.25) is 0 Å².